The van der Waals surface area contributed by atoms with E-state index in [1.165, 1.54) is 25.9 Å². The van der Waals surface area contributed by atoms with Gasteiger partial charge in [0, 0.05) is 25.3 Å². The van der Waals surface area contributed by atoms with Gasteiger partial charge in [0.2, 0.25) is 5.95 Å². The molecular formula is C19H26ClN5O2. The van der Waals surface area contributed by atoms with Gasteiger partial charge >= 0.3 is 0 Å². The molecule has 1 aromatic heterocycles. The van der Waals surface area contributed by atoms with E-state index in [0.717, 1.165) is 18.7 Å². The number of nitrogens with zero attached hydrogens (tertiary/aromatic N) is 3. The molecule has 0 saturated carbocycles. The number of benzene rings is 1. The first-order valence-corrected chi connectivity index (χ1v) is 9.58. The van der Waals surface area contributed by atoms with Crippen molar-refractivity contribution < 1.29 is 9.47 Å². The van der Waals surface area contributed by atoms with Gasteiger partial charge in [0.05, 0.1) is 19.9 Å². The summed E-state index contributed by atoms with van der Waals surface area (Å²) in [6.45, 7) is 4.14. The van der Waals surface area contributed by atoms with Crippen LogP contribution in [0.5, 0.6) is 11.5 Å². The van der Waals surface area contributed by atoms with E-state index >= 15 is 0 Å². The van der Waals surface area contributed by atoms with Crippen LogP contribution in [-0.2, 0) is 0 Å². The largest absolute Gasteiger partial charge is 0.493 e. The fourth-order valence-corrected chi connectivity index (χ4v) is 3.26. The van der Waals surface area contributed by atoms with Gasteiger partial charge in [-0.15, -0.1) is 0 Å². The number of methoxy groups -OCH3 is 1. The highest BCUT2D eigenvalue weighted by Gasteiger charge is 2.12. The Kier molecular flexibility index (Phi) is 6.95. The van der Waals surface area contributed by atoms with Crippen LogP contribution in [0, 0.1) is 0 Å². The third-order valence-corrected chi connectivity index (χ3v) is 4.75. The van der Waals surface area contributed by atoms with Crippen LogP contribution in [0.2, 0.25) is 5.02 Å². The fraction of sp³-hybridized carbons (Fsp3) is 0.474. The summed E-state index contributed by atoms with van der Waals surface area (Å²) in [6, 6.07) is 5.66. The molecule has 2 heterocycles. The first kappa shape index (κ1) is 19.5. The van der Waals surface area contributed by atoms with Crippen molar-refractivity contribution in [1.82, 2.24) is 14.9 Å². The van der Waals surface area contributed by atoms with E-state index < -0.39 is 0 Å². The third-order valence-electron chi connectivity index (χ3n) is 4.48. The van der Waals surface area contributed by atoms with Crippen LogP contribution in [0.3, 0.4) is 0 Å². The summed E-state index contributed by atoms with van der Waals surface area (Å²) < 4.78 is 11.4. The molecule has 2 aromatic rings. The number of rotatable bonds is 9. The molecule has 1 aromatic carbocycles. The highest BCUT2D eigenvalue weighted by atomic mass is 35.5. The second-order valence-corrected chi connectivity index (χ2v) is 6.79. The van der Waals surface area contributed by atoms with Gasteiger partial charge in [-0.1, -0.05) is 11.6 Å². The standard InChI is InChI=1S/C19H26ClN5O2/c1-21-18-15(20)13-22-19(24-18)23-14-6-7-16(26-2)17(12-14)27-11-5-10-25-8-3-4-9-25/h6-7,12-13H,3-5,8-11H2,1-2H3,(H2,21,22,23,24). The van der Waals surface area contributed by atoms with Crippen LogP contribution < -0.4 is 20.1 Å². The van der Waals surface area contributed by atoms with Gasteiger partial charge in [0.1, 0.15) is 10.8 Å². The Balaban J connectivity index is 1.62. The van der Waals surface area contributed by atoms with Crippen LogP contribution in [0.15, 0.2) is 24.4 Å². The molecule has 0 spiro atoms. The lowest BCUT2D eigenvalue weighted by Gasteiger charge is -2.16. The van der Waals surface area contributed by atoms with Gasteiger partial charge in [-0.2, -0.15) is 4.98 Å². The molecule has 8 heteroatoms. The molecule has 146 valence electrons. The molecule has 3 rings (SSSR count). The molecule has 7 nitrogen and oxygen atoms in total. The quantitative estimate of drug-likeness (QED) is 0.630. The Hall–Kier alpha value is -2.25. The summed E-state index contributed by atoms with van der Waals surface area (Å²) in [6.07, 6.45) is 5.17. The number of halogens is 1. The van der Waals surface area contributed by atoms with E-state index in [-0.39, 0.29) is 0 Å². The molecule has 0 atom stereocenters. The first-order chi connectivity index (χ1) is 13.2. The normalized spacial score (nSPS) is 14.2. The van der Waals surface area contributed by atoms with Crippen molar-refractivity contribution in [2.45, 2.75) is 19.3 Å². The van der Waals surface area contributed by atoms with Gasteiger partial charge in [-0.05, 0) is 44.5 Å². The van der Waals surface area contributed by atoms with Crippen molar-refractivity contribution >= 4 is 29.1 Å². The lowest BCUT2D eigenvalue weighted by molar-refractivity contribution is 0.254. The molecule has 1 saturated heterocycles. The Labute approximate surface area is 165 Å². The van der Waals surface area contributed by atoms with E-state index in [2.05, 4.69) is 25.5 Å². The highest BCUT2D eigenvalue weighted by molar-refractivity contribution is 6.32. The van der Waals surface area contributed by atoms with Crippen molar-refractivity contribution in [3.05, 3.63) is 29.4 Å². The van der Waals surface area contributed by atoms with E-state index in [0.29, 0.717) is 34.9 Å². The Morgan fingerprint density at radius 3 is 2.78 bits per heavy atom. The average Bonchev–Trinajstić information content (AvgIpc) is 3.20. The molecule has 1 aliphatic rings. The van der Waals surface area contributed by atoms with Crippen LogP contribution in [-0.4, -0.2) is 55.3 Å². The number of aromatic nitrogens is 2. The monoisotopic (exact) mass is 391 g/mol. The van der Waals surface area contributed by atoms with Crippen LogP contribution in [0.4, 0.5) is 17.5 Å². The zero-order valence-corrected chi connectivity index (χ0v) is 16.6. The summed E-state index contributed by atoms with van der Waals surface area (Å²) >= 11 is 6.03. The zero-order valence-electron chi connectivity index (χ0n) is 15.8. The zero-order chi connectivity index (χ0) is 19.1. The van der Waals surface area contributed by atoms with E-state index in [1.54, 1.807) is 20.4 Å². The van der Waals surface area contributed by atoms with Gasteiger partial charge in [0.15, 0.2) is 11.5 Å². The minimum atomic E-state index is 0.453. The molecule has 1 aliphatic heterocycles. The molecule has 0 radical (unpaired) electrons. The third kappa shape index (κ3) is 5.37. The number of anilines is 3. The summed E-state index contributed by atoms with van der Waals surface area (Å²) in [5, 5.41) is 6.58. The molecular weight excluding hydrogens is 366 g/mol. The SMILES string of the molecule is CNc1nc(Nc2ccc(OC)c(OCCCN3CCCC3)c2)ncc1Cl. The minimum absolute atomic E-state index is 0.453. The number of likely N-dealkylation sites (tertiary alicyclic amines) is 1. The summed E-state index contributed by atoms with van der Waals surface area (Å²) in [5.74, 6) is 2.43. The number of nitrogens with one attached hydrogen (secondary N) is 2. The number of ether oxygens (including phenoxy) is 2. The first-order valence-electron chi connectivity index (χ1n) is 9.20. The molecule has 0 unspecified atom stereocenters. The van der Waals surface area contributed by atoms with E-state index in [4.69, 9.17) is 21.1 Å². The number of hydrogen-bond donors (Lipinski definition) is 2. The summed E-state index contributed by atoms with van der Waals surface area (Å²) in [4.78, 5) is 11.0. The molecule has 27 heavy (non-hydrogen) atoms. The van der Waals surface area contributed by atoms with E-state index in [1.807, 2.05) is 18.2 Å². The molecule has 2 N–H and O–H groups in total. The fourth-order valence-electron chi connectivity index (χ4n) is 3.08. The average molecular weight is 392 g/mol. The lowest BCUT2D eigenvalue weighted by atomic mass is 10.2. The van der Waals surface area contributed by atoms with E-state index in [9.17, 15) is 0 Å². The van der Waals surface area contributed by atoms with Crippen LogP contribution >= 0.6 is 11.6 Å². The predicted molar refractivity (Wildman–Crippen MR) is 109 cm³/mol. The van der Waals surface area contributed by atoms with Crippen molar-refractivity contribution in [1.29, 1.82) is 0 Å². The molecule has 0 bridgehead atoms. The minimum Gasteiger partial charge on any atom is -0.493 e. The molecule has 0 aliphatic carbocycles. The Bertz CT molecular complexity index is 753. The van der Waals surface area contributed by atoms with Crippen molar-refractivity contribution in [2.75, 3.05) is 51.0 Å². The second kappa shape index (κ2) is 9.62. The van der Waals surface area contributed by atoms with Gasteiger partial charge in [0.25, 0.3) is 0 Å². The van der Waals surface area contributed by atoms with Crippen LogP contribution in [0.25, 0.3) is 0 Å². The van der Waals surface area contributed by atoms with Gasteiger partial charge in [-0.25, -0.2) is 4.98 Å². The van der Waals surface area contributed by atoms with Crippen molar-refractivity contribution in [3.8, 4) is 11.5 Å². The summed E-state index contributed by atoms with van der Waals surface area (Å²) in [7, 11) is 3.40. The molecule has 1 fully saturated rings. The van der Waals surface area contributed by atoms with Gasteiger partial charge < -0.3 is 25.0 Å². The lowest BCUT2D eigenvalue weighted by Crippen LogP contribution is -2.21. The number of hydrogen-bond acceptors (Lipinski definition) is 7. The topological polar surface area (TPSA) is 71.5 Å². The Morgan fingerprint density at radius 1 is 1.22 bits per heavy atom. The highest BCUT2D eigenvalue weighted by Crippen LogP contribution is 2.31. The van der Waals surface area contributed by atoms with Crippen molar-refractivity contribution in [2.24, 2.45) is 0 Å². The second-order valence-electron chi connectivity index (χ2n) is 6.38. The van der Waals surface area contributed by atoms with Gasteiger partial charge in [-0.3, -0.25) is 0 Å². The predicted octanol–water partition coefficient (Wildman–Crippen LogP) is 3.79. The Morgan fingerprint density at radius 2 is 2.04 bits per heavy atom. The maximum atomic E-state index is 6.03. The summed E-state index contributed by atoms with van der Waals surface area (Å²) in [5.41, 5.74) is 0.815. The van der Waals surface area contributed by atoms with Crippen LogP contribution in [0.1, 0.15) is 19.3 Å². The maximum absolute atomic E-state index is 6.03. The maximum Gasteiger partial charge on any atom is 0.229 e. The molecule has 0 amide bonds. The van der Waals surface area contributed by atoms with Crippen molar-refractivity contribution in [3.63, 3.8) is 0 Å². The smallest absolute Gasteiger partial charge is 0.229 e.